The number of benzene rings is 2. The summed E-state index contributed by atoms with van der Waals surface area (Å²) in [6.07, 6.45) is 3.93. The van der Waals surface area contributed by atoms with E-state index >= 15 is 0 Å². The molecule has 0 amide bonds. The van der Waals surface area contributed by atoms with Gasteiger partial charge in [-0.05, 0) is 55.0 Å². The van der Waals surface area contributed by atoms with E-state index in [0.29, 0.717) is 12.8 Å². The molecule has 4 aromatic rings. The summed E-state index contributed by atoms with van der Waals surface area (Å²) < 4.78 is 21.7. The van der Waals surface area contributed by atoms with Crippen molar-refractivity contribution in [3.63, 3.8) is 0 Å². The number of nitrogens with zero attached hydrogens (tertiary/aromatic N) is 3. The van der Waals surface area contributed by atoms with Crippen LogP contribution in [0.25, 0.3) is 27.5 Å². The number of fused-ring (bicyclic) bond motifs is 2. The molecule has 2 aromatic heterocycles. The highest BCUT2D eigenvalue weighted by Crippen LogP contribution is 2.49. The third-order valence-corrected chi connectivity index (χ3v) is 7.31. The second-order valence-electron chi connectivity index (χ2n) is 10.0. The Hall–Kier alpha value is -3.86. The maximum absolute atomic E-state index is 14.3. The van der Waals surface area contributed by atoms with Gasteiger partial charge in [0.15, 0.2) is 11.6 Å². The Balaban J connectivity index is 1.89. The van der Waals surface area contributed by atoms with E-state index in [0.717, 1.165) is 45.2 Å². The van der Waals surface area contributed by atoms with Gasteiger partial charge in [0.1, 0.15) is 0 Å². The van der Waals surface area contributed by atoms with Gasteiger partial charge in [-0.25, -0.2) is 4.39 Å². The lowest BCUT2D eigenvalue weighted by Crippen LogP contribution is -2.23. The van der Waals surface area contributed by atoms with E-state index in [1.807, 2.05) is 19.9 Å². The molecule has 0 saturated heterocycles. The molecule has 0 spiro atoms. The van der Waals surface area contributed by atoms with Gasteiger partial charge in [0.2, 0.25) is 0 Å². The van der Waals surface area contributed by atoms with Crippen LogP contribution in [0.2, 0.25) is 0 Å². The number of aliphatic carboxylic acids is 1. The molecule has 1 saturated carbocycles. The minimum absolute atomic E-state index is 0.0236. The number of H-pyrrole nitrogens is 1. The lowest BCUT2D eigenvalue weighted by atomic mass is 9.79. The number of hydrogen-bond acceptors (Lipinski definition) is 4. The number of carboxylic acids is 1. The second-order valence-corrected chi connectivity index (χ2v) is 10.0. The lowest BCUT2D eigenvalue weighted by Gasteiger charge is -2.28. The fraction of sp³-hybridized carbons (Fsp3) is 0.370. The molecule has 1 aliphatic carbocycles. The van der Waals surface area contributed by atoms with Crippen LogP contribution in [-0.2, 0) is 10.2 Å². The first-order chi connectivity index (χ1) is 16.7. The standard InChI is InChI=1S/C27H27FN4O3/c1-27(2,8-9-29)25-24(15-4-5-16(10-15)26(33)34)19-13-21-17(14-30-31-21)11-22(19)32(25)18-6-7-20(28)23(12-18)35-3/h6-7,11-16H,4-5,8,10H2,1-3H3,(H,30,31)(H,33,34)/t15-,16?/m1/s1. The molecule has 180 valence electrons. The van der Waals surface area contributed by atoms with Gasteiger partial charge in [0, 0.05) is 40.1 Å². The van der Waals surface area contributed by atoms with E-state index in [1.54, 1.807) is 18.3 Å². The third-order valence-electron chi connectivity index (χ3n) is 7.31. The van der Waals surface area contributed by atoms with Gasteiger partial charge in [0.05, 0.1) is 36.3 Å². The Kier molecular flexibility index (Phi) is 5.51. The fourth-order valence-electron chi connectivity index (χ4n) is 5.63. The van der Waals surface area contributed by atoms with Gasteiger partial charge in [-0.15, -0.1) is 0 Å². The highest BCUT2D eigenvalue weighted by atomic mass is 19.1. The van der Waals surface area contributed by atoms with Gasteiger partial charge in [0.25, 0.3) is 0 Å². The summed E-state index contributed by atoms with van der Waals surface area (Å²) in [5.41, 5.74) is 3.95. The van der Waals surface area contributed by atoms with Gasteiger partial charge >= 0.3 is 5.97 Å². The Morgan fingerprint density at radius 2 is 2.14 bits per heavy atom. The number of nitriles is 1. The van der Waals surface area contributed by atoms with Crippen molar-refractivity contribution in [3.05, 3.63) is 53.6 Å². The SMILES string of the molecule is COc1cc(-n2c(C(C)(C)CC#N)c([C@@H]3CCC(C(=O)O)C3)c3cc4[nH]ncc4cc32)ccc1F. The molecule has 7 nitrogen and oxygen atoms in total. The van der Waals surface area contributed by atoms with Crippen molar-refractivity contribution in [2.75, 3.05) is 7.11 Å². The zero-order valence-electron chi connectivity index (χ0n) is 19.9. The number of halogens is 1. The molecule has 1 fully saturated rings. The van der Waals surface area contributed by atoms with Crippen molar-refractivity contribution < 1.29 is 19.0 Å². The quantitative estimate of drug-likeness (QED) is 0.367. The summed E-state index contributed by atoms with van der Waals surface area (Å²) in [7, 11) is 1.43. The molecule has 8 heteroatoms. The molecule has 35 heavy (non-hydrogen) atoms. The molecule has 0 radical (unpaired) electrons. The van der Waals surface area contributed by atoms with Gasteiger partial charge < -0.3 is 14.4 Å². The Labute approximate surface area is 202 Å². The molecule has 2 heterocycles. The highest BCUT2D eigenvalue weighted by molar-refractivity contribution is 5.99. The molecule has 0 aliphatic heterocycles. The van der Waals surface area contributed by atoms with Crippen LogP contribution >= 0.6 is 0 Å². The number of methoxy groups -OCH3 is 1. The van der Waals surface area contributed by atoms with Gasteiger partial charge in [-0.1, -0.05) is 13.8 Å². The number of aromatic amines is 1. The molecule has 2 N–H and O–H groups in total. The molecule has 5 rings (SSSR count). The van der Waals surface area contributed by atoms with Crippen molar-refractivity contribution in [1.82, 2.24) is 14.8 Å². The summed E-state index contributed by atoms with van der Waals surface area (Å²) in [5, 5.41) is 28.5. The smallest absolute Gasteiger partial charge is 0.306 e. The number of ether oxygens (including phenoxy) is 1. The Bertz CT molecular complexity index is 1490. The summed E-state index contributed by atoms with van der Waals surface area (Å²) >= 11 is 0. The minimum Gasteiger partial charge on any atom is -0.494 e. The lowest BCUT2D eigenvalue weighted by molar-refractivity contribution is -0.141. The van der Waals surface area contributed by atoms with E-state index < -0.39 is 23.1 Å². The van der Waals surface area contributed by atoms with E-state index in [2.05, 4.69) is 26.9 Å². The first-order valence-electron chi connectivity index (χ1n) is 11.7. The summed E-state index contributed by atoms with van der Waals surface area (Å²) in [6.45, 7) is 4.06. The van der Waals surface area contributed by atoms with Crippen LogP contribution < -0.4 is 4.74 Å². The van der Waals surface area contributed by atoms with Crippen LogP contribution in [0.3, 0.4) is 0 Å². The predicted molar refractivity (Wildman–Crippen MR) is 130 cm³/mol. The average molecular weight is 475 g/mol. The van der Waals surface area contributed by atoms with Crippen molar-refractivity contribution in [2.45, 2.75) is 50.9 Å². The highest BCUT2D eigenvalue weighted by Gasteiger charge is 2.38. The van der Waals surface area contributed by atoms with Gasteiger partial charge in [-0.2, -0.15) is 10.4 Å². The zero-order chi connectivity index (χ0) is 24.9. The second kappa shape index (κ2) is 8.42. The zero-order valence-corrected chi connectivity index (χ0v) is 19.9. The molecular weight excluding hydrogens is 447 g/mol. The normalized spacial score (nSPS) is 18.3. The summed E-state index contributed by atoms with van der Waals surface area (Å²) in [5.74, 6) is -1.47. The van der Waals surface area contributed by atoms with Crippen molar-refractivity contribution in [3.8, 4) is 17.5 Å². The topological polar surface area (TPSA) is 104 Å². The molecule has 0 bridgehead atoms. The van der Waals surface area contributed by atoms with Crippen molar-refractivity contribution in [1.29, 1.82) is 5.26 Å². The van der Waals surface area contributed by atoms with E-state index in [4.69, 9.17) is 4.74 Å². The van der Waals surface area contributed by atoms with Crippen molar-refractivity contribution in [2.24, 2.45) is 5.92 Å². The van der Waals surface area contributed by atoms with E-state index in [9.17, 15) is 19.6 Å². The van der Waals surface area contributed by atoms with Crippen LogP contribution in [-0.4, -0.2) is 33.0 Å². The maximum Gasteiger partial charge on any atom is 0.306 e. The molecule has 1 aliphatic rings. The summed E-state index contributed by atoms with van der Waals surface area (Å²) in [6, 6.07) is 11.2. The Morgan fingerprint density at radius 3 is 2.83 bits per heavy atom. The van der Waals surface area contributed by atoms with Gasteiger partial charge in [-0.3, -0.25) is 9.89 Å². The number of carbonyl (C=O) groups is 1. The predicted octanol–water partition coefficient (Wildman–Crippen LogP) is 5.81. The Morgan fingerprint density at radius 1 is 1.34 bits per heavy atom. The van der Waals surface area contributed by atoms with Crippen LogP contribution in [0.1, 0.15) is 56.7 Å². The van der Waals surface area contributed by atoms with Crippen LogP contribution in [0, 0.1) is 23.1 Å². The number of rotatable bonds is 6. The molecule has 2 atom stereocenters. The monoisotopic (exact) mass is 474 g/mol. The number of carboxylic acid groups (broad SMARTS) is 1. The van der Waals surface area contributed by atoms with Crippen LogP contribution in [0.15, 0.2) is 36.5 Å². The fourth-order valence-corrected chi connectivity index (χ4v) is 5.63. The number of hydrogen-bond donors (Lipinski definition) is 2. The van der Waals surface area contributed by atoms with Crippen LogP contribution in [0.5, 0.6) is 5.75 Å². The average Bonchev–Trinajstić information content (AvgIpc) is 3.54. The minimum atomic E-state index is -0.770. The third kappa shape index (κ3) is 3.72. The van der Waals surface area contributed by atoms with Crippen LogP contribution in [0.4, 0.5) is 4.39 Å². The first-order valence-corrected chi connectivity index (χ1v) is 11.7. The maximum atomic E-state index is 14.3. The molecular formula is C27H27FN4O3. The molecule has 1 unspecified atom stereocenters. The number of aromatic nitrogens is 3. The molecule has 2 aromatic carbocycles. The van der Waals surface area contributed by atoms with E-state index in [-0.39, 0.29) is 18.1 Å². The summed E-state index contributed by atoms with van der Waals surface area (Å²) in [4.78, 5) is 11.8. The first kappa shape index (κ1) is 22.9. The number of nitrogens with one attached hydrogen (secondary N) is 1. The van der Waals surface area contributed by atoms with Crippen molar-refractivity contribution >= 4 is 27.8 Å². The van der Waals surface area contributed by atoms with E-state index in [1.165, 1.54) is 13.2 Å². The largest absolute Gasteiger partial charge is 0.494 e.